The summed E-state index contributed by atoms with van der Waals surface area (Å²) in [5, 5.41) is 1.23. The second kappa shape index (κ2) is 3.79. The third kappa shape index (κ3) is 1.69. The molecule has 3 heteroatoms. The molecule has 0 radical (unpaired) electrons. The molecule has 17 heavy (non-hydrogen) atoms. The first-order valence-corrected chi connectivity index (χ1v) is 7.04. The van der Waals surface area contributed by atoms with Crippen LogP contribution in [0.2, 0.25) is 0 Å². The van der Waals surface area contributed by atoms with Gasteiger partial charge in [-0.05, 0) is 37.5 Å². The van der Waals surface area contributed by atoms with Crippen LogP contribution in [-0.2, 0) is 5.41 Å². The molecule has 1 saturated carbocycles. The van der Waals surface area contributed by atoms with E-state index in [1.54, 1.807) is 0 Å². The number of nitrogens with two attached hydrogens (primary N) is 1. The molecule has 1 aromatic carbocycles. The fraction of sp³-hybridized carbons (Fsp3) is 0.500. The Bertz CT molecular complexity index is 560. The maximum Gasteiger partial charge on any atom is 0.101 e. The number of aryl methyl sites for hydroxylation is 1. The van der Waals surface area contributed by atoms with Gasteiger partial charge in [0.1, 0.15) is 5.01 Å². The van der Waals surface area contributed by atoms with Crippen molar-refractivity contribution in [2.75, 3.05) is 0 Å². The first kappa shape index (κ1) is 11.2. The minimum atomic E-state index is 0.0948. The largest absolute Gasteiger partial charge is 0.327 e. The quantitative estimate of drug-likeness (QED) is 0.838. The van der Waals surface area contributed by atoms with Gasteiger partial charge in [0.15, 0.2) is 0 Å². The summed E-state index contributed by atoms with van der Waals surface area (Å²) in [5.74, 6) is 0. The average Bonchev–Trinajstić information content (AvgIpc) is 2.84. The van der Waals surface area contributed by atoms with Gasteiger partial charge in [0.2, 0.25) is 0 Å². The van der Waals surface area contributed by atoms with Crippen molar-refractivity contribution < 1.29 is 0 Å². The Labute approximate surface area is 106 Å². The van der Waals surface area contributed by atoms with Crippen LogP contribution in [0.3, 0.4) is 0 Å². The maximum absolute atomic E-state index is 6.26. The number of thiazole rings is 1. The van der Waals surface area contributed by atoms with E-state index in [1.165, 1.54) is 28.1 Å². The van der Waals surface area contributed by atoms with E-state index in [2.05, 4.69) is 32.0 Å². The Morgan fingerprint density at radius 2 is 2.29 bits per heavy atom. The lowest BCUT2D eigenvalue weighted by atomic mass is 9.86. The molecule has 3 rings (SSSR count). The van der Waals surface area contributed by atoms with Crippen LogP contribution in [0.4, 0.5) is 0 Å². The molecule has 1 fully saturated rings. The summed E-state index contributed by atoms with van der Waals surface area (Å²) in [6, 6.07) is 6.74. The number of nitrogens with zero attached hydrogens (tertiary/aromatic N) is 1. The molecular weight excluding hydrogens is 228 g/mol. The van der Waals surface area contributed by atoms with Crippen LogP contribution in [-0.4, -0.2) is 11.0 Å². The van der Waals surface area contributed by atoms with E-state index in [-0.39, 0.29) is 11.5 Å². The first-order chi connectivity index (χ1) is 8.09. The van der Waals surface area contributed by atoms with Gasteiger partial charge >= 0.3 is 0 Å². The monoisotopic (exact) mass is 246 g/mol. The number of hydrogen-bond acceptors (Lipinski definition) is 3. The predicted octanol–water partition coefficient (Wildman–Crippen LogP) is 3.37. The highest BCUT2D eigenvalue weighted by Gasteiger charge is 2.40. The number of benzene rings is 1. The second-order valence-electron chi connectivity index (χ2n) is 5.41. The van der Waals surface area contributed by atoms with Gasteiger partial charge in [-0.1, -0.05) is 19.4 Å². The molecule has 0 spiro atoms. The Morgan fingerprint density at radius 3 is 3.00 bits per heavy atom. The zero-order valence-electron chi connectivity index (χ0n) is 10.4. The molecule has 2 nitrogen and oxygen atoms in total. The fourth-order valence-electron chi connectivity index (χ4n) is 2.73. The molecule has 0 amide bonds. The number of rotatable bonds is 1. The summed E-state index contributed by atoms with van der Waals surface area (Å²) >= 11 is 1.82. The van der Waals surface area contributed by atoms with Crippen molar-refractivity contribution in [1.82, 2.24) is 4.98 Å². The van der Waals surface area contributed by atoms with E-state index < -0.39 is 0 Å². The number of hydrogen-bond donors (Lipinski definition) is 1. The van der Waals surface area contributed by atoms with Crippen molar-refractivity contribution in [1.29, 1.82) is 0 Å². The topological polar surface area (TPSA) is 38.9 Å². The van der Waals surface area contributed by atoms with Crippen LogP contribution in [0.5, 0.6) is 0 Å². The van der Waals surface area contributed by atoms with Crippen LogP contribution in [0.15, 0.2) is 18.2 Å². The average molecular weight is 246 g/mol. The van der Waals surface area contributed by atoms with Gasteiger partial charge in [-0.15, -0.1) is 11.3 Å². The third-order valence-electron chi connectivity index (χ3n) is 4.06. The van der Waals surface area contributed by atoms with Crippen molar-refractivity contribution in [3.8, 4) is 0 Å². The molecule has 90 valence electrons. The molecule has 1 aliphatic rings. The normalized spacial score (nSPS) is 29.0. The van der Waals surface area contributed by atoms with Gasteiger partial charge in [-0.25, -0.2) is 4.98 Å². The van der Waals surface area contributed by atoms with Gasteiger partial charge < -0.3 is 5.73 Å². The molecule has 0 saturated heterocycles. The molecule has 0 aliphatic heterocycles. The van der Waals surface area contributed by atoms with E-state index in [0.717, 1.165) is 11.9 Å². The Kier molecular flexibility index (Phi) is 2.49. The molecule has 2 unspecified atom stereocenters. The summed E-state index contributed by atoms with van der Waals surface area (Å²) in [4.78, 5) is 4.80. The third-order valence-corrected chi connectivity index (χ3v) is 5.36. The van der Waals surface area contributed by atoms with Gasteiger partial charge in [0, 0.05) is 11.5 Å². The lowest BCUT2D eigenvalue weighted by molar-refractivity contribution is 0.428. The van der Waals surface area contributed by atoms with Gasteiger partial charge in [-0.2, -0.15) is 0 Å². The molecule has 1 heterocycles. The van der Waals surface area contributed by atoms with Crippen molar-refractivity contribution in [3.05, 3.63) is 28.8 Å². The van der Waals surface area contributed by atoms with Crippen LogP contribution in [0, 0.1) is 6.92 Å². The van der Waals surface area contributed by atoms with Crippen LogP contribution in [0.1, 0.15) is 36.8 Å². The zero-order chi connectivity index (χ0) is 12.0. The Hall–Kier alpha value is -0.930. The van der Waals surface area contributed by atoms with E-state index in [0.29, 0.717) is 0 Å². The standard InChI is InChI=1S/C14H18N2S/c1-9-5-6-10-11(8-9)17-13(16-10)14(2)7-3-4-12(14)15/h5-6,8,12H,3-4,7,15H2,1-2H3. The second-order valence-corrected chi connectivity index (χ2v) is 6.44. The smallest absolute Gasteiger partial charge is 0.101 e. The minimum absolute atomic E-state index is 0.0948. The van der Waals surface area contributed by atoms with Gasteiger partial charge in [0.25, 0.3) is 0 Å². The molecule has 0 bridgehead atoms. The summed E-state index contributed by atoms with van der Waals surface area (Å²) in [6.07, 6.45) is 3.53. The maximum atomic E-state index is 6.26. The zero-order valence-corrected chi connectivity index (χ0v) is 11.2. The van der Waals surface area contributed by atoms with Crippen molar-refractivity contribution in [3.63, 3.8) is 0 Å². The molecule has 2 N–H and O–H groups in total. The van der Waals surface area contributed by atoms with Crippen molar-refractivity contribution >= 4 is 21.6 Å². The fourth-order valence-corrected chi connectivity index (χ4v) is 4.04. The summed E-state index contributed by atoms with van der Waals surface area (Å²) < 4.78 is 1.29. The number of aromatic nitrogens is 1. The Morgan fingerprint density at radius 1 is 1.47 bits per heavy atom. The van der Waals surface area contributed by atoms with E-state index in [1.807, 2.05) is 11.3 Å². The van der Waals surface area contributed by atoms with Crippen molar-refractivity contribution in [2.24, 2.45) is 5.73 Å². The highest BCUT2D eigenvalue weighted by molar-refractivity contribution is 7.18. The predicted molar refractivity (Wildman–Crippen MR) is 73.5 cm³/mol. The SMILES string of the molecule is Cc1ccc2nc(C3(C)CCCC3N)sc2c1. The summed E-state index contributed by atoms with van der Waals surface area (Å²) in [5.41, 5.74) is 8.78. The van der Waals surface area contributed by atoms with Gasteiger partial charge in [-0.3, -0.25) is 0 Å². The molecule has 1 aliphatic carbocycles. The highest BCUT2D eigenvalue weighted by Crippen LogP contribution is 2.42. The minimum Gasteiger partial charge on any atom is -0.327 e. The van der Waals surface area contributed by atoms with E-state index in [9.17, 15) is 0 Å². The first-order valence-electron chi connectivity index (χ1n) is 6.23. The summed E-state index contributed by atoms with van der Waals surface area (Å²) in [6.45, 7) is 4.40. The van der Waals surface area contributed by atoms with Crippen LogP contribution >= 0.6 is 11.3 Å². The molecule has 2 atom stereocenters. The van der Waals surface area contributed by atoms with E-state index >= 15 is 0 Å². The Balaban J connectivity index is 2.12. The van der Waals surface area contributed by atoms with Crippen LogP contribution < -0.4 is 5.73 Å². The number of fused-ring (bicyclic) bond motifs is 1. The molecule has 2 aromatic rings. The van der Waals surface area contributed by atoms with Crippen molar-refractivity contribution in [2.45, 2.75) is 44.6 Å². The van der Waals surface area contributed by atoms with Gasteiger partial charge in [0.05, 0.1) is 10.2 Å². The van der Waals surface area contributed by atoms with Crippen LogP contribution in [0.25, 0.3) is 10.2 Å². The highest BCUT2D eigenvalue weighted by atomic mass is 32.1. The summed E-state index contributed by atoms with van der Waals surface area (Å²) in [7, 11) is 0. The molecular formula is C14H18N2S. The molecule has 1 aromatic heterocycles. The van der Waals surface area contributed by atoms with E-state index in [4.69, 9.17) is 10.7 Å². The lowest BCUT2D eigenvalue weighted by Gasteiger charge is -2.26. The lowest BCUT2D eigenvalue weighted by Crippen LogP contribution is -2.38.